The third kappa shape index (κ3) is 43.3. The number of unbranched alkanes of at least 4 members (excludes halogenated alkanes) is 1. The van der Waals surface area contributed by atoms with E-state index in [1.807, 2.05) is 10.6 Å². The van der Waals surface area contributed by atoms with Gasteiger partial charge in [0.2, 0.25) is 112 Å². The van der Waals surface area contributed by atoms with Crippen LogP contribution in [0.15, 0.2) is 0 Å². The number of likely N-dealkylation sites (tertiary alicyclic amines) is 1. The number of aliphatic hydroxyl groups excluding tert-OH is 4. The van der Waals surface area contributed by atoms with Crippen molar-refractivity contribution < 1.29 is 151 Å². The summed E-state index contributed by atoms with van der Waals surface area (Å²) in [5.74, 6) is -31.2. The van der Waals surface area contributed by atoms with Crippen molar-refractivity contribution in [3.05, 3.63) is 0 Å². The molecule has 37 N–H and O–H groups in total. The first-order valence-electron chi connectivity index (χ1n) is 40.9. The molecular weight excluding hydrogens is 1720 g/mol. The van der Waals surface area contributed by atoms with Crippen LogP contribution in [0.25, 0.3) is 0 Å². The molecule has 0 aromatic carbocycles. The normalized spacial score (nSPS) is 16.2. The van der Waals surface area contributed by atoms with Gasteiger partial charge in [0, 0.05) is 25.9 Å². The third-order valence-corrected chi connectivity index (χ3v) is 19.1. The van der Waals surface area contributed by atoms with Gasteiger partial charge >= 0.3 is 23.9 Å². The van der Waals surface area contributed by atoms with Crippen LogP contribution in [0.1, 0.15) is 158 Å². The van der Waals surface area contributed by atoms with Crippen LogP contribution < -0.4 is 119 Å². The summed E-state index contributed by atoms with van der Waals surface area (Å²) in [5, 5.41) is 121. The van der Waals surface area contributed by atoms with E-state index in [9.17, 15) is 151 Å². The SMILES string of the molecule is CC(C)C[C@H](NC(=O)[C@H](CC(N)=O)NC(=O)[C@H](CC(C)C)NC(=O)[C@H](CO)NC(=O)[C@@H](N)[C@@H](C)O)C(=O)N[C@@H](CCC(N)=O)C(=O)N[C@@H](CCCCN)C(=O)N[C@@H](CC(=O)O)C(=O)N[C@@H](CCC(=O)O)C(=O)N1CCC[C@H]1C(=O)N[C@@H](CC(N)=O)C(=O)NCC(=O)N[C@@H](CCCNC(=N)N)C(=O)N[C@@H](C)C(=O)N[C@@H](CO)C(=O)N[C@@H](CC(=O)O)C(=O)N[C@H](C(=O)O)[C@@H](C)O. The highest BCUT2D eigenvalue weighted by Gasteiger charge is 2.43. The van der Waals surface area contributed by atoms with Gasteiger partial charge in [0.25, 0.3) is 0 Å². The van der Waals surface area contributed by atoms with E-state index >= 15 is 0 Å². The van der Waals surface area contributed by atoms with Gasteiger partial charge < -0.3 is 165 Å². The molecule has 1 heterocycles. The lowest BCUT2D eigenvalue weighted by Crippen LogP contribution is -2.61. The Morgan fingerprint density at radius 1 is 0.395 bits per heavy atom. The van der Waals surface area contributed by atoms with Crippen molar-refractivity contribution in [2.24, 2.45) is 46.2 Å². The molecule has 1 aliphatic heterocycles. The first kappa shape index (κ1) is 114. The molecule has 1 aliphatic rings. The number of nitrogens with zero attached hydrogens (tertiary/aromatic N) is 1. The first-order chi connectivity index (χ1) is 60.2. The number of guanidine groups is 1. The van der Waals surface area contributed by atoms with Gasteiger partial charge in [-0.3, -0.25) is 111 Å². The number of aliphatic hydroxyl groups is 4. The molecule has 0 aromatic rings. The Bertz CT molecular complexity index is 3990. The summed E-state index contributed by atoms with van der Waals surface area (Å²) in [5.41, 5.74) is 33.1. The van der Waals surface area contributed by atoms with Gasteiger partial charge in [-0.1, -0.05) is 27.7 Å². The van der Waals surface area contributed by atoms with E-state index in [0.29, 0.717) is 0 Å². The van der Waals surface area contributed by atoms with Crippen LogP contribution in [-0.4, -0.2) is 336 Å². The quantitative estimate of drug-likeness (QED) is 0.0153. The predicted octanol–water partition coefficient (Wildman–Crippen LogP) is -14.6. The number of hydrogen-bond donors (Lipinski definition) is 31. The second kappa shape index (κ2) is 57.5. The molecule has 55 nitrogen and oxygen atoms in total. The standard InChI is InChI=1S/C74H124N24O31/c1-31(2)22-40(89-65(120)43(25-51(78)105)91-64(119)41(23-32(3)4)90-69(124)47(30-100)96-71(126)56(79)34(6)101)63(118)87-38(15-17-49(76)103)62(117)86-37(12-8-9-19-75)61(116)92-44(26-54(109)110)66(121)88-39(16-18-53(107)108)72(127)98-21-11-14-48(98)70(125)94-42(24-50(77)104)59(114)83-28-52(106)85-36(13-10-20-82-74(80)81)60(115)84-33(5)58(113)95-46(29-99)68(123)93-45(27-55(111)112)67(122)97-57(35(7)102)73(128)129/h31-48,56-57,99-102H,8-30,75,79H2,1-7H3,(H2,76,103)(H2,77,104)(H2,78,105)(H,83,114)(H,84,115)(H,85,106)(H,86,117)(H,87,118)(H,88,121)(H,89,120)(H,90,124)(H,91,119)(H,92,116)(H,93,123)(H,94,125)(H,95,113)(H,96,126)(H,97,122)(H,107,108)(H,109,110)(H,111,112)(H,128,129)(H4,80,81,82)/t33-,34+,35+,36-,37-,38-,39-,40-,41-,42-,43-,44-,45-,46-,47-,48-,56-,57-/m0/s1. The van der Waals surface area contributed by atoms with Crippen LogP contribution in [0, 0.1) is 17.2 Å². The number of carbonyl (C=O) groups excluding carboxylic acids is 19. The molecule has 1 fully saturated rings. The smallest absolute Gasteiger partial charge is 0.328 e. The lowest BCUT2D eigenvalue weighted by molar-refractivity contribution is -0.146. The number of nitrogens with two attached hydrogens (primary N) is 6. The van der Waals surface area contributed by atoms with Crippen LogP contribution >= 0.6 is 0 Å². The van der Waals surface area contributed by atoms with Gasteiger partial charge in [-0.15, -0.1) is 0 Å². The van der Waals surface area contributed by atoms with Gasteiger partial charge in [0.15, 0.2) is 12.0 Å². The molecule has 0 unspecified atom stereocenters. The van der Waals surface area contributed by atoms with Gasteiger partial charge in [-0.25, -0.2) is 4.79 Å². The number of nitrogens with one attached hydrogen (secondary N) is 17. The average Bonchev–Trinajstić information content (AvgIpc) is 1.69. The van der Waals surface area contributed by atoms with Crippen molar-refractivity contribution in [2.75, 3.05) is 39.4 Å². The number of hydrogen-bond acceptors (Lipinski definition) is 30. The van der Waals surface area contributed by atoms with Crippen molar-refractivity contribution in [1.82, 2.24) is 90.0 Å². The van der Waals surface area contributed by atoms with E-state index in [4.69, 9.17) is 39.8 Å². The van der Waals surface area contributed by atoms with Gasteiger partial charge in [-0.2, -0.15) is 0 Å². The molecule has 19 amide bonds. The van der Waals surface area contributed by atoms with Crippen LogP contribution in [0.2, 0.25) is 0 Å². The number of carbonyl (C=O) groups is 23. The molecular formula is C74H124N24O31. The summed E-state index contributed by atoms with van der Waals surface area (Å²) in [7, 11) is 0. The second-order valence-corrected chi connectivity index (χ2v) is 31.1. The highest BCUT2D eigenvalue weighted by atomic mass is 16.4. The summed E-state index contributed by atoms with van der Waals surface area (Å²) in [6.07, 6.45) is -11.6. The molecule has 0 aliphatic carbocycles. The van der Waals surface area contributed by atoms with Crippen molar-refractivity contribution in [1.29, 1.82) is 5.41 Å². The summed E-state index contributed by atoms with van der Waals surface area (Å²) < 4.78 is 0. The molecule has 0 radical (unpaired) electrons. The van der Waals surface area contributed by atoms with Crippen molar-refractivity contribution in [3.63, 3.8) is 0 Å². The van der Waals surface area contributed by atoms with Crippen molar-refractivity contribution in [2.45, 2.75) is 266 Å². The van der Waals surface area contributed by atoms with E-state index in [-0.39, 0.29) is 83.3 Å². The zero-order valence-corrected chi connectivity index (χ0v) is 72.2. The topological polar surface area (TPSA) is 930 Å². The fourth-order valence-corrected chi connectivity index (χ4v) is 12.3. The number of carboxylic acid groups (broad SMARTS) is 4. The Labute approximate surface area is 738 Å². The van der Waals surface area contributed by atoms with Crippen LogP contribution in [0.5, 0.6) is 0 Å². The lowest BCUT2D eigenvalue weighted by atomic mass is 10.00. The minimum Gasteiger partial charge on any atom is -0.481 e. The molecule has 0 aromatic heterocycles. The molecule has 1 rings (SSSR count). The second-order valence-electron chi connectivity index (χ2n) is 31.1. The minimum atomic E-state index is -2.20. The number of amides is 19. The predicted molar refractivity (Wildman–Crippen MR) is 442 cm³/mol. The Balaban J connectivity index is 3.62. The summed E-state index contributed by atoms with van der Waals surface area (Å²) >= 11 is 0. The Kier molecular flexibility index (Phi) is 50.8. The highest BCUT2D eigenvalue weighted by molar-refractivity contribution is 6.03. The molecule has 0 saturated carbocycles. The fourth-order valence-electron chi connectivity index (χ4n) is 12.3. The minimum absolute atomic E-state index is 0.000316. The van der Waals surface area contributed by atoms with Crippen molar-refractivity contribution in [3.8, 4) is 0 Å². The molecule has 18 atom stereocenters. The zero-order valence-electron chi connectivity index (χ0n) is 72.2. The number of aliphatic carboxylic acids is 4. The maximum atomic E-state index is 14.6. The maximum Gasteiger partial charge on any atom is 0.328 e. The maximum absolute atomic E-state index is 14.6. The average molecular weight is 1850 g/mol. The van der Waals surface area contributed by atoms with Gasteiger partial charge in [0.1, 0.15) is 90.6 Å². The zero-order chi connectivity index (χ0) is 98.6. The summed E-state index contributed by atoms with van der Waals surface area (Å²) in [6.45, 7) is 5.98. The largest absolute Gasteiger partial charge is 0.481 e. The van der Waals surface area contributed by atoms with Crippen molar-refractivity contribution >= 4 is 142 Å². The fraction of sp³-hybridized carbons (Fsp3) is 0.676. The van der Waals surface area contributed by atoms with E-state index in [1.54, 1.807) is 27.7 Å². The van der Waals surface area contributed by atoms with Crippen LogP contribution in [0.4, 0.5) is 0 Å². The Morgan fingerprint density at radius 3 is 1.21 bits per heavy atom. The third-order valence-electron chi connectivity index (χ3n) is 19.1. The van der Waals surface area contributed by atoms with E-state index < -0.39 is 328 Å². The lowest BCUT2D eigenvalue weighted by Gasteiger charge is -2.30. The van der Waals surface area contributed by atoms with E-state index in [2.05, 4.69) is 74.4 Å². The summed E-state index contributed by atoms with van der Waals surface area (Å²) in [4.78, 5) is 307. The molecule has 1 saturated heterocycles. The summed E-state index contributed by atoms with van der Waals surface area (Å²) in [6, 6.07) is -29.0. The number of rotatable bonds is 62. The van der Waals surface area contributed by atoms with E-state index in [1.165, 1.54) is 6.92 Å². The van der Waals surface area contributed by atoms with Gasteiger partial charge in [0.05, 0.1) is 57.6 Å². The molecule has 0 bridgehead atoms. The number of primary amides is 3. The Hall–Kier alpha value is -13.2. The Morgan fingerprint density at radius 2 is 0.783 bits per heavy atom. The van der Waals surface area contributed by atoms with Crippen LogP contribution in [0.3, 0.4) is 0 Å². The number of carboxylic acids is 4. The first-order valence-corrected chi connectivity index (χ1v) is 40.9. The molecule has 55 heteroatoms. The molecule has 726 valence electrons. The molecule has 129 heavy (non-hydrogen) atoms. The highest BCUT2D eigenvalue weighted by Crippen LogP contribution is 2.22. The van der Waals surface area contributed by atoms with E-state index in [0.717, 1.165) is 18.7 Å². The monoisotopic (exact) mass is 1840 g/mol. The van der Waals surface area contributed by atoms with Gasteiger partial charge in [-0.05, 0) is 110 Å². The van der Waals surface area contributed by atoms with Crippen LogP contribution in [-0.2, 0) is 110 Å². The molecule has 0 spiro atoms.